The molecule has 0 aliphatic carbocycles. The van der Waals surface area contributed by atoms with Crippen molar-refractivity contribution < 1.29 is 32.2 Å². The summed E-state index contributed by atoms with van der Waals surface area (Å²) in [6, 6.07) is 8.09. The molecule has 0 atom stereocenters. The molecule has 0 spiro atoms. The summed E-state index contributed by atoms with van der Waals surface area (Å²) < 4.78 is 49.1. The van der Waals surface area contributed by atoms with E-state index in [1.165, 1.54) is 48.1 Å². The van der Waals surface area contributed by atoms with Gasteiger partial charge in [-0.3, -0.25) is 9.59 Å². The first-order valence-electron chi connectivity index (χ1n) is 10.2. The van der Waals surface area contributed by atoms with Crippen molar-refractivity contribution in [3.05, 3.63) is 53.4 Å². The Bertz CT molecular complexity index is 1230. The highest BCUT2D eigenvalue weighted by Gasteiger charge is 2.32. The third kappa shape index (κ3) is 6.63. The summed E-state index contributed by atoms with van der Waals surface area (Å²) in [5.41, 5.74) is 0.801. The first-order chi connectivity index (χ1) is 16.5. The molecule has 0 aliphatic rings. The molecule has 0 saturated heterocycles. The number of hydrogen-bond acceptors (Lipinski definition) is 6. The number of alkyl halides is 3. The SMILES string of the molecule is CCNC(=O)CN(C)C(=O)c1cc(-c2cc(OC)cc(OC(F)(F)F)c2)n(-c2ccnc(Cl)c2)n1. The third-order valence-electron chi connectivity index (χ3n) is 4.63. The predicted molar refractivity (Wildman–Crippen MR) is 121 cm³/mol. The van der Waals surface area contributed by atoms with Gasteiger partial charge in [0.25, 0.3) is 5.91 Å². The van der Waals surface area contributed by atoms with E-state index in [4.69, 9.17) is 16.3 Å². The summed E-state index contributed by atoms with van der Waals surface area (Å²) >= 11 is 6.01. The van der Waals surface area contributed by atoms with E-state index in [-0.39, 0.29) is 40.3 Å². The Morgan fingerprint density at radius 1 is 1.17 bits per heavy atom. The number of halogens is 4. The summed E-state index contributed by atoms with van der Waals surface area (Å²) in [6.45, 7) is 1.94. The lowest BCUT2D eigenvalue weighted by Crippen LogP contribution is -2.38. The van der Waals surface area contributed by atoms with Gasteiger partial charge in [-0.2, -0.15) is 5.10 Å². The average Bonchev–Trinajstić information content (AvgIpc) is 3.23. The number of nitrogens with zero attached hydrogens (tertiary/aromatic N) is 4. The Hall–Kier alpha value is -3.80. The van der Waals surface area contributed by atoms with Gasteiger partial charge < -0.3 is 19.7 Å². The maximum Gasteiger partial charge on any atom is 0.573 e. The van der Waals surface area contributed by atoms with Crippen LogP contribution in [0.2, 0.25) is 5.15 Å². The molecule has 2 aromatic heterocycles. The van der Waals surface area contributed by atoms with Crippen LogP contribution in [0.5, 0.6) is 11.5 Å². The summed E-state index contributed by atoms with van der Waals surface area (Å²) in [7, 11) is 2.72. The van der Waals surface area contributed by atoms with Crippen LogP contribution in [0.15, 0.2) is 42.6 Å². The van der Waals surface area contributed by atoms with E-state index in [1.807, 2.05) is 0 Å². The second-order valence-corrected chi connectivity index (χ2v) is 7.61. The molecule has 13 heteroatoms. The number of rotatable bonds is 8. The summed E-state index contributed by atoms with van der Waals surface area (Å²) in [5.74, 6) is -1.37. The zero-order chi connectivity index (χ0) is 25.8. The Morgan fingerprint density at radius 2 is 1.89 bits per heavy atom. The molecular weight excluding hydrogens is 491 g/mol. The number of carbonyl (C=O) groups excluding carboxylic acids is 2. The van der Waals surface area contributed by atoms with Crippen LogP contribution in [-0.2, 0) is 4.79 Å². The fraction of sp³-hybridized carbons (Fsp3) is 0.273. The molecule has 0 unspecified atom stereocenters. The number of ether oxygens (including phenoxy) is 2. The average molecular weight is 512 g/mol. The van der Waals surface area contributed by atoms with Crippen LogP contribution in [0.25, 0.3) is 16.9 Å². The van der Waals surface area contributed by atoms with Gasteiger partial charge in [0.15, 0.2) is 5.69 Å². The zero-order valence-electron chi connectivity index (χ0n) is 18.9. The van der Waals surface area contributed by atoms with Crippen molar-refractivity contribution in [2.24, 2.45) is 0 Å². The highest BCUT2D eigenvalue weighted by molar-refractivity contribution is 6.29. The van der Waals surface area contributed by atoms with Crippen LogP contribution in [0, 0.1) is 0 Å². The minimum atomic E-state index is -4.93. The smallest absolute Gasteiger partial charge is 0.497 e. The van der Waals surface area contributed by atoms with Crippen molar-refractivity contribution in [2.45, 2.75) is 13.3 Å². The van der Waals surface area contributed by atoms with Gasteiger partial charge in [0.05, 0.1) is 25.0 Å². The molecule has 0 saturated carbocycles. The first kappa shape index (κ1) is 25.8. The van der Waals surface area contributed by atoms with Crippen molar-refractivity contribution in [1.29, 1.82) is 0 Å². The first-order valence-corrected chi connectivity index (χ1v) is 10.6. The van der Waals surface area contributed by atoms with Gasteiger partial charge in [0.1, 0.15) is 16.7 Å². The minimum Gasteiger partial charge on any atom is -0.497 e. The van der Waals surface area contributed by atoms with Crippen molar-refractivity contribution in [3.8, 4) is 28.4 Å². The second-order valence-electron chi connectivity index (χ2n) is 7.22. The molecule has 35 heavy (non-hydrogen) atoms. The normalized spacial score (nSPS) is 11.2. The Labute approximate surface area is 203 Å². The van der Waals surface area contributed by atoms with Crippen LogP contribution in [0.1, 0.15) is 17.4 Å². The van der Waals surface area contributed by atoms with Crippen LogP contribution < -0.4 is 14.8 Å². The fourth-order valence-corrected chi connectivity index (χ4v) is 3.35. The molecule has 0 fully saturated rings. The quantitative estimate of drug-likeness (QED) is 0.463. The van der Waals surface area contributed by atoms with Crippen LogP contribution >= 0.6 is 11.6 Å². The predicted octanol–water partition coefficient (Wildman–Crippen LogP) is 3.70. The molecule has 1 N–H and O–H groups in total. The lowest BCUT2D eigenvalue weighted by atomic mass is 10.1. The minimum absolute atomic E-state index is 0.0548. The largest absolute Gasteiger partial charge is 0.573 e. The van der Waals surface area contributed by atoms with Crippen molar-refractivity contribution in [2.75, 3.05) is 27.2 Å². The molecule has 186 valence electrons. The summed E-state index contributed by atoms with van der Waals surface area (Å²) in [6.07, 6.45) is -3.51. The van der Waals surface area contributed by atoms with Gasteiger partial charge in [-0.15, -0.1) is 13.2 Å². The Morgan fingerprint density at radius 3 is 2.51 bits per heavy atom. The van der Waals surface area contributed by atoms with Crippen molar-refractivity contribution in [1.82, 2.24) is 25.0 Å². The molecule has 3 aromatic rings. The number of benzene rings is 1. The molecule has 2 heterocycles. The van der Waals surface area contributed by atoms with E-state index < -0.39 is 18.0 Å². The maximum atomic E-state index is 13.0. The number of hydrogen-bond donors (Lipinski definition) is 1. The van der Waals surface area contributed by atoms with Crippen molar-refractivity contribution in [3.63, 3.8) is 0 Å². The van der Waals surface area contributed by atoms with E-state index in [9.17, 15) is 22.8 Å². The van der Waals surface area contributed by atoms with Gasteiger partial charge in [-0.25, -0.2) is 9.67 Å². The fourth-order valence-electron chi connectivity index (χ4n) is 3.18. The number of pyridine rings is 1. The number of nitrogens with one attached hydrogen (secondary N) is 1. The van der Waals surface area contributed by atoms with E-state index in [0.717, 1.165) is 12.1 Å². The maximum absolute atomic E-state index is 13.0. The van der Waals surface area contributed by atoms with Gasteiger partial charge in [-0.05, 0) is 31.2 Å². The molecule has 0 aliphatic heterocycles. The molecule has 0 radical (unpaired) electrons. The standard InChI is InChI=1S/C22H21ClF3N5O4/c1-4-27-20(32)12-30(2)21(33)17-11-18(31(29-17)14-5-6-28-19(23)9-14)13-7-15(34-3)10-16(8-13)35-22(24,25)26/h5-11H,4,12H2,1-3H3,(H,27,32). The zero-order valence-corrected chi connectivity index (χ0v) is 19.6. The number of methoxy groups -OCH3 is 1. The van der Waals surface area contributed by atoms with E-state index >= 15 is 0 Å². The third-order valence-corrected chi connectivity index (χ3v) is 4.84. The number of likely N-dealkylation sites (N-methyl/N-ethyl adjacent to an activating group) is 2. The lowest BCUT2D eigenvalue weighted by molar-refractivity contribution is -0.274. The van der Waals surface area contributed by atoms with Crippen LogP contribution in [0.4, 0.5) is 13.2 Å². The highest BCUT2D eigenvalue weighted by atomic mass is 35.5. The van der Waals surface area contributed by atoms with Crippen molar-refractivity contribution >= 4 is 23.4 Å². The number of aromatic nitrogens is 3. The second kappa shape index (κ2) is 10.6. The number of amides is 2. The molecular formula is C22H21ClF3N5O4. The van der Waals surface area contributed by atoms with E-state index in [2.05, 4.69) is 20.1 Å². The Kier molecular flexibility index (Phi) is 7.85. The van der Waals surface area contributed by atoms with Gasteiger partial charge >= 0.3 is 6.36 Å². The molecule has 9 nitrogen and oxygen atoms in total. The van der Waals surface area contributed by atoms with E-state index in [1.54, 1.807) is 13.0 Å². The molecule has 2 amide bonds. The molecule has 1 aromatic carbocycles. The van der Waals surface area contributed by atoms with Gasteiger partial charge in [0, 0.05) is 37.5 Å². The van der Waals surface area contributed by atoms with Gasteiger partial charge in [0.2, 0.25) is 5.91 Å². The van der Waals surface area contributed by atoms with E-state index in [0.29, 0.717) is 12.2 Å². The molecule has 0 bridgehead atoms. The lowest BCUT2D eigenvalue weighted by Gasteiger charge is -2.14. The van der Waals surface area contributed by atoms with Crippen LogP contribution in [0.3, 0.4) is 0 Å². The number of carbonyl (C=O) groups is 2. The topological polar surface area (TPSA) is 98.6 Å². The summed E-state index contributed by atoms with van der Waals surface area (Å²) in [4.78, 5) is 30.0. The van der Waals surface area contributed by atoms with Crippen LogP contribution in [-0.4, -0.2) is 65.1 Å². The highest BCUT2D eigenvalue weighted by Crippen LogP contribution is 2.34. The molecule has 3 rings (SSSR count). The van der Waals surface area contributed by atoms with Gasteiger partial charge in [-0.1, -0.05) is 11.6 Å². The monoisotopic (exact) mass is 511 g/mol. The summed E-state index contributed by atoms with van der Waals surface area (Å²) in [5, 5.41) is 7.07. The Balaban J connectivity index is 2.11.